The molecule has 5 nitrogen and oxygen atoms in total. The Balaban J connectivity index is 1.37. The van der Waals surface area contributed by atoms with Gasteiger partial charge in [0.25, 0.3) is 5.91 Å². The minimum Gasteiger partial charge on any atom is -0.457 e. The first-order valence-corrected chi connectivity index (χ1v) is 11.1. The summed E-state index contributed by atoms with van der Waals surface area (Å²) in [7, 11) is 0. The minimum atomic E-state index is -0.295. The molecule has 34 heavy (non-hydrogen) atoms. The van der Waals surface area contributed by atoms with Gasteiger partial charge in [0.2, 0.25) is 5.91 Å². The van der Waals surface area contributed by atoms with Gasteiger partial charge in [-0.15, -0.1) is 0 Å². The van der Waals surface area contributed by atoms with Crippen LogP contribution in [-0.4, -0.2) is 11.8 Å². The number of halogens is 1. The Morgan fingerprint density at radius 3 is 2.38 bits per heavy atom. The lowest BCUT2D eigenvalue weighted by atomic mass is 10.1. The third kappa shape index (κ3) is 5.63. The maximum absolute atomic E-state index is 12.4. The van der Waals surface area contributed by atoms with Crippen molar-refractivity contribution in [3.05, 3.63) is 112 Å². The molecule has 0 unspecified atom stereocenters. The first-order chi connectivity index (χ1) is 16.4. The van der Waals surface area contributed by atoms with E-state index in [1.807, 2.05) is 56.3 Å². The lowest BCUT2D eigenvalue weighted by molar-refractivity contribution is -0.111. The van der Waals surface area contributed by atoms with Gasteiger partial charge >= 0.3 is 0 Å². The molecule has 0 saturated heterocycles. The molecule has 0 aliphatic heterocycles. The molecule has 0 atom stereocenters. The van der Waals surface area contributed by atoms with Crippen molar-refractivity contribution in [2.24, 2.45) is 0 Å². The van der Waals surface area contributed by atoms with E-state index in [0.29, 0.717) is 33.5 Å². The van der Waals surface area contributed by atoms with Crippen LogP contribution in [0.2, 0.25) is 5.02 Å². The molecule has 6 heteroatoms. The Hall–Kier alpha value is -4.09. The SMILES string of the molecule is Cc1ccc(-c2ccc(C=CC(=O)Nc3ccc(NC(=O)c4ccccc4)c(C)c3)o2)cc1Cl. The maximum Gasteiger partial charge on any atom is 0.255 e. The molecule has 2 amide bonds. The predicted molar refractivity (Wildman–Crippen MR) is 137 cm³/mol. The Morgan fingerprint density at radius 1 is 0.853 bits per heavy atom. The molecule has 3 aromatic carbocycles. The highest BCUT2D eigenvalue weighted by Gasteiger charge is 2.09. The highest BCUT2D eigenvalue weighted by molar-refractivity contribution is 6.31. The van der Waals surface area contributed by atoms with Crippen LogP contribution in [0.15, 0.2) is 89.4 Å². The zero-order chi connectivity index (χ0) is 24.1. The van der Waals surface area contributed by atoms with Gasteiger partial charge in [-0.2, -0.15) is 0 Å². The highest BCUT2D eigenvalue weighted by atomic mass is 35.5. The van der Waals surface area contributed by atoms with Crippen LogP contribution in [0.5, 0.6) is 0 Å². The summed E-state index contributed by atoms with van der Waals surface area (Å²) >= 11 is 6.19. The van der Waals surface area contributed by atoms with Crippen LogP contribution < -0.4 is 10.6 Å². The molecule has 0 spiro atoms. The fourth-order valence-electron chi connectivity index (χ4n) is 3.35. The van der Waals surface area contributed by atoms with Gasteiger partial charge in [-0.3, -0.25) is 9.59 Å². The quantitative estimate of drug-likeness (QED) is 0.295. The third-order valence-corrected chi connectivity index (χ3v) is 5.67. The Bertz CT molecular complexity index is 1370. The van der Waals surface area contributed by atoms with E-state index in [-0.39, 0.29) is 11.8 Å². The molecular weight excluding hydrogens is 448 g/mol. The average molecular weight is 471 g/mol. The molecule has 0 fully saturated rings. The maximum atomic E-state index is 12.4. The van der Waals surface area contributed by atoms with Gasteiger partial charge in [-0.1, -0.05) is 41.9 Å². The Morgan fingerprint density at radius 2 is 1.65 bits per heavy atom. The summed E-state index contributed by atoms with van der Waals surface area (Å²) in [5.41, 5.74) is 4.58. The summed E-state index contributed by atoms with van der Waals surface area (Å²) in [6, 6.07) is 23.7. The predicted octanol–water partition coefficient (Wildman–Crippen LogP) is 7.12. The van der Waals surface area contributed by atoms with Crippen molar-refractivity contribution in [3.8, 4) is 11.3 Å². The number of furan rings is 1. The molecule has 0 aliphatic rings. The normalized spacial score (nSPS) is 10.9. The van der Waals surface area contributed by atoms with E-state index in [4.69, 9.17) is 16.0 Å². The van der Waals surface area contributed by atoms with Crippen LogP contribution in [0.25, 0.3) is 17.4 Å². The van der Waals surface area contributed by atoms with Gasteiger partial charge in [0, 0.05) is 33.6 Å². The average Bonchev–Trinajstić information content (AvgIpc) is 3.31. The molecule has 0 aliphatic carbocycles. The second-order valence-electron chi connectivity index (χ2n) is 7.84. The number of rotatable bonds is 6. The monoisotopic (exact) mass is 470 g/mol. The lowest BCUT2D eigenvalue weighted by Gasteiger charge is -2.10. The second-order valence-corrected chi connectivity index (χ2v) is 8.25. The molecule has 4 aromatic rings. The number of benzene rings is 3. The van der Waals surface area contributed by atoms with Gasteiger partial charge < -0.3 is 15.1 Å². The van der Waals surface area contributed by atoms with Crippen molar-refractivity contribution in [2.45, 2.75) is 13.8 Å². The first kappa shape index (κ1) is 23.1. The van der Waals surface area contributed by atoms with E-state index in [1.54, 1.807) is 42.5 Å². The molecule has 0 radical (unpaired) electrons. The van der Waals surface area contributed by atoms with E-state index in [1.165, 1.54) is 6.08 Å². The van der Waals surface area contributed by atoms with Crippen LogP contribution in [0.3, 0.4) is 0 Å². The number of carbonyl (C=O) groups is 2. The lowest BCUT2D eigenvalue weighted by Crippen LogP contribution is -2.13. The summed E-state index contributed by atoms with van der Waals surface area (Å²) < 4.78 is 5.81. The molecule has 4 rings (SSSR count). The van der Waals surface area contributed by atoms with Crippen molar-refractivity contribution >= 4 is 40.9 Å². The first-order valence-electron chi connectivity index (χ1n) is 10.7. The number of amides is 2. The topological polar surface area (TPSA) is 71.3 Å². The summed E-state index contributed by atoms with van der Waals surface area (Å²) in [4.78, 5) is 24.7. The molecule has 1 heterocycles. The smallest absolute Gasteiger partial charge is 0.255 e. The van der Waals surface area contributed by atoms with Crippen LogP contribution >= 0.6 is 11.6 Å². The van der Waals surface area contributed by atoms with E-state index in [2.05, 4.69) is 10.6 Å². The van der Waals surface area contributed by atoms with Crippen molar-refractivity contribution in [3.63, 3.8) is 0 Å². The van der Waals surface area contributed by atoms with Crippen molar-refractivity contribution in [1.29, 1.82) is 0 Å². The fraction of sp³-hybridized carbons (Fsp3) is 0.0714. The molecule has 170 valence electrons. The van der Waals surface area contributed by atoms with E-state index >= 15 is 0 Å². The van der Waals surface area contributed by atoms with Gasteiger partial charge in [-0.05, 0) is 79.6 Å². The second kappa shape index (κ2) is 10.2. The van der Waals surface area contributed by atoms with Crippen molar-refractivity contribution < 1.29 is 14.0 Å². The number of hydrogen-bond donors (Lipinski definition) is 2. The molecule has 0 saturated carbocycles. The number of aryl methyl sites for hydroxylation is 2. The zero-order valence-corrected chi connectivity index (χ0v) is 19.5. The number of carbonyl (C=O) groups excluding carboxylic acids is 2. The number of anilines is 2. The van der Waals surface area contributed by atoms with Crippen LogP contribution in [0, 0.1) is 13.8 Å². The molecule has 2 N–H and O–H groups in total. The summed E-state index contributed by atoms with van der Waals surface area (Å²) in [5.74, 6) is 0.744. The van der Waals surface area contributed by atoms with Crippen LogP contribution in [0.1, 0.15) is 27.2 Å². The minimum absolute atomic E-state index is 0.186. The van der Waals surface area contributed by atoms with Crippen molar-refractivity contribution in [1.82, 2.24) is 0 Å². The zero-order valence-electron chi connectivity index (χ0n) is 18.8. The van der Waals surface area contributed by atoms with E-state index < -0.39 is 0 Å². The standard InChI is InChI=1S/C28H23ClN2O3/c1-18-8-9-21(17-24(18)29)26-14-11-23(34-26)12-15-27(32)30-22-10-13-25(19(2)16-22)31-28(33)20-6-4-3-5-7-20/h3-17H,1-2H3,(H,30,32)(H,31,33). The van der Waals surface area contributed by atoms with Gasteiger partial charge in [-0.25, -0.2) is 0 Å². The fourth-order valence-corrected chi connectivity index (χ4v) is 3.53. The van der Waals surface area contributed by atoms with Gasteiger partial charge in [0.1, 0.15) is 11.5 Å². The van der Waals surface area contributed by atoms with Gasteiger partial charge in [0.15, 0.2) is 0 Å². The Kier molecular flexibility index (Phi) is 6.95. The molecule has 0 bridgehead atoms. The number of hydrogen-bond acceptors (Lipinski definition) is 3. The van der Waals surface area contributed by atoms with Crippen LogP contribution in [-0.2, 0) is 4.79 Å². The summed E-state index contributed by atoms with van der Waals surface area (Å²) in [5, 5.41) is 6.38. The highest BCUT2D eigenvalue weighted by Crippen LogP contribution is 2.27. The summed E-state index contributed by atoms with van der Waals surface area (Å²) in [6.45, 7) is 3.81. The molecule has 1 aromatic heterocycles. The van der Waals surface area contributed by atoms with E-state index in [9.17, 15) is 9.59 Å². The third-order valence-electron chi connectivity index (χ3n) is 5.26. The number of nitrogens with one attached hydrogen (secondary N) is 2. The van der Waals surface area contributed by atoms with Crippen molar-refractivity contribution in [2.75, 3.05) is 10.6 Å². The van der Waals surface area contributed by atoms with E-state index in [0.717, 1.165) is 16.7 Å². The summed E-state index contributed by atoms with van der Waals surface area (Å²) in [6.07, 6.45) is 3.01. The molecular formula is C28H23ClN2O3. The largest absolute Gasteiger partial charge is 0.457 e. The van der Waals surface area contributed by atoms with Crippen LogP contribution in [0.4, 0.5) is 11.4 Å². The Labute approximate surface area is 203 Å². The van der Waals surface area contributed by atoms with Gasteiger partial charge in [0.05, 0.1) is 0 Å².